The number of aliphatic hydroxyl groups is 1. The van der Waals surface area contributed by atoms with Crippen molar-refractivity contribution < 1.29 is 28.6 Å². The number of carboxylic acid groups (broad SMARTS) is 1. The molecule has 1 atom stereocenters. The Morgan fingerprint density at radius 1 is 1.32 bits per heavy atom. The number of benzene rings is 1. The molecule has 1 rings (SSSR count). The second-order valence-corrected chi connectivity index (χ2v) is 4.29. The fourth-order valence-electron chi connectivity index (χ4n) is 1.06. The number of nitrogens with one attached hydrogen (secondary N) is 2. The quantitative estimate of drug-likeness (QED) is 0.622. The number of hydrogen-bond acceptors (Lipinski definition) is 3. The first-order valence-electron chi connectivity index (χ1n) is 4.91. The average molecular weight is 339 g/mol. The van der Waals surface area contributed by atoms with E-state index in [-0.39, 0.29) is 10.2 Å². The Morgan fingerprint density at radius 2 is 1.95 bits per heavy atom. The van der Waals surface area contributed by atoms with Gasteiger partial charge in [-0.3, -0.25) is 0 Å². The zero-order chi connectivity index (χ0) is 14.6. The number of carbonyl (C=O) groups is 2. The summed E-state index contributed by atoms with van der Waals surface area (Å²) in [5.74, 6) is -3.32. The largest absolute Gasteiger partial charge is 0.479 e. The van der Waals surface area contributed by atoms with Gasteiger partial charge < -0.3 is 20.8 Å². The maximum atomic E-state index is 13.3. The smallest absolute Gasteiger partial charge is 0.334 e. The molecular weight excluding hydrogens is 330 g/mol. The molecule has 0 saturated heterocycles. The number of urea groups is 1. The van der Waals surface area contributed by atoms with Gasteiger partial charge in [-0.1, -0.05) is 0 Å². The summed E-state index contributed by atoms with van der Waals surface area (Å²) in [5.41, 5.74) is -0.296. The number of halogens is 3. The molecule has 0 aliphatic heterocycles. The highest BCUT2D eigenvalue weighted by Gasteiger charge is 2.15. The molecule has 1 aromatic carbocycles. The molecule has 19 heavy (non-hydrogen) atoms. The summed E-state index contributed by atoms with van der Waals surface area (Å²) in [6.45, 7) is -0.550. The molecule has 104 valence electrons. The lowest BCUT2D eigenvalue weighted by molar-refractivity contribution is -0.146. The molecule has 0 radical (unpaired) electrons. The van der Waals surface area contributed by atoms with E-state index in [9.17, 15) is 18.4 Å². The Morgan fingerprint density at radius 3 is 2.53 bits per heavy atom. The SMILES string of the molecule is O=C(NCC(O)C(=O)O)Nc1cc(Br)c(F)cc1F. The van der Waals surface area contributed by atoms with Gasteiger partial charge in [0.15, 0.2) is 6.10 Å². The van der Waals surface area contributed by atoms with Crippen molar-refractivity contribution >= 4 is 33.6 Å². The first kappa shape index (κ1) is 15.3. The van der Waals surface area contributed by atoms with Crippen LogP contribution in [0.2, 0.25) is 0 Å². The van der Waals surface area contributed by atoms with Crippen LogP contribution in [0.25, 0.3) is 0 Å². The van der Waals surface area contributed by atoms with Gasteiger partial charge >= 0.3 is 12.0 Å². The Kier molecular flexibility index (Phi) is 5.19. The Balaban J connectivity index is 2.62. The van der Waals surface area contributed by atoms with Crippen LogP contribution in [0.15, 0.2) is 16.6 Å². The third-order valence-corrected chi connectivity index (χ3v) is 2.61. The molecule has 6 nitrogen and oxygen atoms in total. The molecule has 0 aromatic heterocycles. The van der Waals surface area contributed by atoms with Crippen molar-refractivity contribution in [3.05, 3.63) is 28.2 Å². The van der Waals surface area contributed by atoms with E-state index in [0.717, 1.165) is 6.07 Å². The van der Waals surface area contributed by atoms with E-state index in [4.69, 9.17) is 10.2 Å². The molecule has 0 fully saturated rings. The van der Waals surface area contributed by atoms with Crippen LogP contribution in [0, 0.1) is 11.6 Å². The van der Waals surface area contributed by atoms with Crippen molar-refractivity contribution in [2.75, 3.05) is 11.9 Å². The second-order valence-electron chi connectivity index (χ2n) is 3.44. The predicted octanol–water partition coefficient (Wildman–Crippen LogP) is 1.29. The number of aliphatic hydroxyl groups excluding tert-OH is 1. The molecule has 0 bridgehead atoms. The molecule has 0 spiro atoms. The van der Waals surface area contributed by atoms with Crippen LogP contribution in [0.4, 0.5) is 19.3 Å². The molecule has 2 amide bonds. The topological polar surface area (TPSA) is 98.7 Å². The van der Waals surface area contributed by atoms with Crippen LogP contribution in [0.3, 0.4) is 0 Å². The normalized spacial score (nSPS) is 11.8. The third kappa shape index (κ3) is 4.45. The summed E-state index contributed by atoms with van der Waals surface area (Å²) in [5, 5.41) is 21.3. The summed E-state index contributed by atoms with van der Waals surface area (Å²) >= 11 is 2.82. The molecule has 4 N–H and O–H groups in total. The summed E-state index contributed by atoms with van der Waals surface area (Å²) in [6, 6.07) is 0.654. The number of rotatable bonds is 4. The molecular formula is C10H9BrF2N2O4. The van der Waals surface area contributed by atoms with E-state index >= 15 is 0 Å². The number of carboxylic acids is 1. The highest BCUT2D eigenvalue weighted by atomic mass is 79.9. The van der Waals surface area contributed by atoms with Gasteiger partial charge in [0.05, 0.1) is 16.7 Å². The van der Waals surface area contributed by atoms with E-state index < -0.39 is 36.3 Å². The zero-order valence-electron chi connectivity index (χ0n) is 9.28. The van der Waals surface area contributed by atoms with Crippen molar-refractivity contribution in [1.29, 1.82) is 0 Å². The minimum atomic E-state index is -1.77. The fraction of sp³-hybridized carbons (Fsp3) is 0.200. The molecule has 1 unspecified atom stereocenters. The van der Waals surface area contributed by atoms with Gasteiger partial charge in [0.2, 0.25) is 0 Å². The first-order valence-corrected chi connectivity index (χ1v) is 5.71. The number of hydrogen-bond donors (Lipinski definition) is 4. The van der Waals surface area contributed by atoms with Gasteiger partial charge in [0.1, 0.15) is 11.6 Å². The van der Waals surface area contributed by atoms with E-state index in [0.29, 0.717) is 6.07 Å². The fourth-order valence-corrected chi connectivity index (χ4v) is 1.40. The standard InChI is InChI=1S/C10H9BrF2N2O4/c11-4-1-7(6(13)2-5(4)12)15-10(19)14-3-8(16)9(17)18/h1-2,8,16H,3H2,(H,17,18)(H2,14,15,19). The van der Waals surface area contributed by atoms with Crippen molar-refractivity contribution in [3.63, 3.8) is 0 Å². The predicted molar refractivity (Wildman–Crippen MR) is 64.7 cm³/mol. The van der Waals surface area contributed by atoms with Crippen LogP contribution in [0.5, 0.6) is 0 Å². The van der Waals surface area contributed by atoms with Crippen molar-refractivity contribution in [2.45, 2.75) is 6.10 Å². The van der Waals surface area contributed by atoms with Gasteiger partial charge in [-0.2, -0.15) is 0 Å². The van der Waals surface area contributed by atoms with Crippen molar-refractivity contribution in [1.82, 2.24) is 5.32 Å². The molecule has 0 aliphatic carbocycles. The number of anilines is 1. The summed E-state index contributed by atoms with van der Waals surface area (Å²) in [7, 11) is 0. The van der Waals surface area contributed by atoms with Crippen LogP contribution in [-0.2, 0) is 4.79 Å². The minimum absolute atomic E-state index is 0.0465. The Bertz CT molecular complexity index is 513. The zero-order valence-corrected chi connectivity index (χ0v) is 10.9. The van der Waals surface area contributed by atoms with Crippen molar-refractivity contribution in [3.8, 4) is 0 Å². The highest BCUT2D eigenvalue weighted by molar-refractivity contribution is 9.10. The maximum Gasteiger partial charge on any atom is 0.334 e. The highest BCUT2D eigenvalue weighted by Crippen LogP contribution is 2.23. The van der Waals surface area contributed by atoms with E-state index in [1.54, 1.807) is 0 Å². The van der Waals surface area contributed by atoms with Crippen LogP contribution >= 0.6 is 15.9 Å². The lowest BCUT2D eigenvalue weighted by Crippen LogP contribution is -2.38. The van der Waals surface area contributed by atoms with Gasteiger partial charge in [0.25, 0.3) is 0 Å². The van der Waals surface area contributed by atoms with E-state index in [1.165, 1.54) is 0 Å². The molecule has 0 aliphatic rings. The van der Waals surface area contributed by atoms with Crippen LogP contribution < -0.4 is 10.6 Å². The lowest BCUT2D eigenvalue weighted by atomic mass is 10.3. The number of carbonyl (C=O) groups excluding carboxylic acids is 1. The number of amides is 2. The third-order valence-electron chi connectivity index (χ3n) is 2.00. The van der Waals surface area contributed by atoms with Gasteiger partial charge in [-0.15, -0.1) is 0 Å². The Hall–Kier alpha value is -1.74. The summed E-state index contributed by atoms with van der Waals surface area (Å²) in [6.07, 6.45) is -1.77. The Labute approximate surface area is 114 Å². The van der Waals surface area contributed by atoms with Crippen molar-refractivity contribution in [2.24, 2.45) is 0 Å². The summed E-state index contributed by atoms with van der Waals surface area (Å²) in [4.78, 5) is 21.6. The molecule has 0 heterocycles. The maximum absolute atomic E-state index is 13.3. The van der Waals surface area contributed by atoms with E-state index in [1.807, 2.05) is 10.6 Å². The van der Waals surface area contributed by atoms with Crippen LogP contribution in [0.1, 0.15) is 0 Å². The average Bonchev–Trinajstić information content (AvgIpc) is 2.32. The second kappa shape index (κ2) is 6.43. The van der Waals surface area contributed by atoms with Gasteiger partial charge in [-0.25, -0.2) is 18.4 Å². The number of aliphatic carboxylic acids is 1. The molecule has 1 aromatic rings. The monoisotopic (exact) mass is 338 g/mol. The molecule has 0 saturated carbocycles. The minimum Gasteiger partial charge on any atom is -0.479 e. The van der Waals surface area contributed by atoms with Gasteiger partial charge in [0, 0.05) is 6.07 Å². The van der Waals surface area contributed by atoms with Crippen LogP contribution in [-0.4, -0.2) is 34.9 Å². The lowest BCUT2D eigenvalue weighted by Gasteiger charge is -2.10. The summed E-state index contributed by atoms with van der Waals surface area (Å²) < 4.78 is 26.2. The van der Waals surface area contributed by atoms with Gasteiger partial charge in [-0.05, 0) is 22.0 Å². The molecule has 9 heteroatoms. The first-order chi connectivity index (χ1) is 8.81. The van der Waals surface area contributed by atoms with E-state index in [2.05, 4.69) is 15.9 Å².